The Balaban J connectivity index is 1.74. The highest BCUT2D eigenvalue weighted by Gasteiger charge is 2.45. The van der Waals surface area contributed by atoms with Crippen molar-refractivity contribution in [1.29, 1.82) is 0 Å². The highest BCUT2D eigenvalue weighted by molar-refractivity contribution is 6.30. The SMILES string of the molecule is CC1CNC(C)(C2CC2)CN1Cc1ccc(Cl)cc1F. The van der Waals surface area contributed by atoms with Crippen molar-refractivity contribution in [3.8, 4) is 0 Å². The zero-order valence-corrected chi connectivity index (χ0v) is 12.9. The Kier molecular flexibility index (Phi) is 3.78. The van der Waals surface area contributed by atoms with E-state index in [1.54, 1.807) is 12.1 Å². The first kappa shape index (κ1) is 14.3. The van der Waals surface area contributed by atoms with Gasteiger partial charge < -0.3 is 5.32 Å². The van der Waals surface area contributed by atoms with Gasteiger partial charge in [-0.2, -0.15) is 0 Å². The van der Waals surface area contributed by atoms with E-state index in [2.05, 4.69) is 24.1 Å². The number of piperazine rings is 1. The van der Waals surface area contributed by atoms with Crippen LogP contribution in [-0.2, 0) is 6.54 Å². The summed E-state index contributed by atoms with van der Waals surface area (Å²) >= 11 is 5.82. The van der Waals surface area contributed by atoms with Gasteiger partial charge in [-0.3, -0.25) is 4.90 Å². The second-order valence-electron chi connectivity index (χ2n) is 6.56. The summed E-state index contributed by atoms with van der Waals surface area (Å²) < 4.78 is 14.0. The molecule has 4 heteroatoms. The maximum atomic E-state index is 14.0. The summed E-state index contributed by atoms with van der Waals surface area (Å²) in [6.07, 6.45) is 2.64. The molecule has 1 aliphatic heterocycles. The quantitative estimate of drug-likeness (QED) is 0.919. The highest BCUT2D eigenvalue weighted by Crippen LogP contribution is 2.41. The lowest BCUT2D eigenvalue weighted by atomic mass is 9.91. The molecule has 1 aliphatic carbocycles. The molecule has 0 bridgehead atoms. The number of rotatable bonds is 3. The number of hydrogen-bond donors (Lipinski definition) is 1. The zero-order chi connectivity index (χ0) is 14.3. The van der Waals surface area contributed by atoms with Crippen LogP contribution in [0.3, 0.4) is 0 Å². The first-order valence-corrected chi connectivity index (χ1v) is 7.79. The number of nitrogens with zero attached hydrogens (tertiary/aromatic N) is 1. The van der Waals surface area contributed by atoms with E-state index < -0.39 is 0 Å². The molecule has 0 aromatic heterocycles. The highest BCUT2D eigenvalue weighted by atomic mass is 35.5. The molecule has 2 unspecified atom stereocenters. The van der Waals surface area contributed by atoms with Crippen molar-refractivity contribution in [2.45, 2.75) is 44.8 Å². The molecular weight excluding hydrogens is 275 g/mol. The zero-order valence-electron chi connectivity index (χ0n) is 12.1. The lowest BCUT2D eigenvalue weighted by Crippen LogP contribution is -2.62. The molecule has 0 amide bonds. The monoisotopic (exact) mass is 296 g/mol. The summed E-state index contributed by atoms with van der Waals surface area (Å²) in [6, 6.07) is 5.41. The normalized spacial score (nSPS) is 31.5. The van der Waals surface area contributed by atoms with Crippen molar-refractivity contribution in [2.24, 2.45) is 5.92 Å². The summed E-state index contributed by atoms with van der Waals surface area (Å²) in [5, 5.41) is 4.15. The fraction of sp³-hybridized carbons (Fsp3) is 0.625. The van der Waals surface area contributed by atoms with Gasteiger partial charge in [-0.15, -0.1) is 0 Å². The van der Waals surface area contributed by atoms with Crippen LogP contribution in [-0.4, -0.2) is 29.6 Å². The number of nitrogens with one attached hydrogen (secondary N) is 1. The minimum Gasteiger partial charge on any atom is -0.308 e. The van der Waals surface area contributed by atoms with Gasteiger partial charge >= 0.3 is 0 Å². The third kappa shape index (κ3) is 2.85. The van der Waals surface area contributed by atoms with Crippen LogP contribution in [0.15, 0.2) is 18.2 Å². The van der Waals surface area contributed by atoms with Crippen LogP contribution >= 0.6 is 11.6 Å². The van der Waals surface area contributed by atoms with E-state index in [4.69, 9.17) is 11.6 Å². The third-order valence-electron chi connectivity index (χ3n) is 4.82. The smallest absolute Gasteiger partial charge is 0.129 e. The van der Waals surface area contributed by atoms with Gasteiger partial charge in [0.05, 0.1) is 0 Å². The van der Waals surface area contributed by atoms with Crippen LogP contribution in [0.25, 0.3) is 0 Å². The van der Waals surface area contributed by atoms with Crippen molar-refractivity contribution in [3.05, 3.63) is 34.6 Å². The molecule has 3 rings (SSSR count). The Labute approximate surface area is 125 Å². The van der Waals surface area contributed by atoms with Crippen molar-refractivity contribution in [2.75, 3.05) is 13.1 Å². The predicted octanol–water partition coefficient (Wildman–Crippen LogP) is 3.44. The largest absolute Gasteiger partial charge is 0.308 e. The van der Waals surface area contributed by atoms with Crippen LogP contribution in [0.4, 0.5) is 4.39 Å². The van der Waals surface area contributed by atoms with E-state index in [0.29, 0.717) is 17.6 Å². The van der Waals surface area contributed by atoms with Crippen molar-refractivity contribution in [3.63, 3.8) is 0 Å². The fourth-order valence-electron chi connectivity index (χ4n) is 3.22. The van der Waals surface area contributed by atoms with E-state index in [0.717, 1.165) is 24.6 Å². The summed E-state index contributed by atoms with van der Waals surface area (Å²) in [5.41, 5.74) is 0.927. The second kappa shape index (κ2) is 5.28. The Morgan fingerprint density at radius 3 is 2.85 bits per heavy atom. The van der Waals surface area contributed by atoms with Gasteiger partial charge in [0.1, 0.15) is 5.82 Å². The van der Waals surface area contributed by atoms with Crippen LogP contribution in [0.2, 0.25) is 5.02 Å². The molecule has 1 heterocycles. The van der Waals surface area contributed by atoms with Crippen LogP contribution in [0.5, 0.6) is 0 Å². The van der Waals surface area contributed by atoms with Crippen LogP contribution in [0.1, 0.15) is 32.3 Å². The summed E-state index contributed by atoms with van der Waals surface area (Å²) in [7, 11) is 0. The Morgan fingerprint density at radius 1 is 1.45 bits per heavy atom. The van der Waals surface area contributed by atoms with Crippen LogP contribution < -0.4 is 5.32 Å². The molecule has 1 N–H and O–H groups in total. The molecule has 1 saturated heterocycles. The van der Waals surface area contributed by atoms with Crippen LogP contribution in [0, 0.1) is 11.7 Å². The molecule has 2 nitrogen and oxygen atoms in total. The minimum atomic E-state index is -0.198. The molecule has 2 fully saturated rings. The predicted molar refractivity (Wildman–Crippen MR) is 80.4 cm³/mol. The third-order valence-corrected chi connectivity index (χ3v) is 5.06. The van der Waals surface area contributed by atoms with Gasteiger partial charge in [0.15, 0.2) is 0 Å². The molecule has 0 radical (unpaired) electrons. The fourth-order valence-corrected chi connectivity index (χ4v) is 3.38. The molecule has 20 heavy (non-hydrogen) atoms. The van der Waals surface area contributed by atoms with E-state index >= 15 is 0 Å². The molecule has 0 spiro atoms. The topological polar surface area (TPSA) is 15.3 Å². The standard InChI is InChI=1S/C16H22ClFN2/c1-11-8-19-16(2,13-4-5-13)10-20(11)9-12-3-6-14(17)7-15(12)18/h3,6-7,11,13,19H,4-5,8-10H2,1-2H3. The molecule has 2 atom stereocenters. The van der Waals surface area contributed by atoms with Gasteiger partial charge in [0.25, 0.3) is 0 Å². The second-order valence-corrected chi connectivity index (χ2v) is 7.00. The summed E-state index contributed by atoms with van der Waals surface area (Å²) in [6.45, 7) is 7.13. The Morgan fingerprint density at radius 2 is 2.20 bits per heavy atom. The van der Waals surface area contributed by atoms with E-state index in [9.17, 15) is 4.39 Å². The van der Waals surface area contributed by atoms with Crippen molar-refractivity contribution in [1.82, 2.24) is 10.2 Å². The number of benzene rings is 1. The Bertz CT molecular complexity index is 503. The average Bonchev–Trinajstić information content (AvgIpc) is 3.22. The van der Waals surface area contributed by atoms with E-state index in [1.807, 2.05) is 0 Å². The van der Waals surface area contributed by atoms with Crippen molar-refractivity contribution < 1.29 is 4.39 Å². The first-order chi connectivity index (χ1) is 9.48. The average molecular weight is 297 g/mol. The molecule has 1 aromatic rings. The van der Waals surface area contributed by atoms with Gasteiger partial charge in [0, 0.05) is 41.8 Å². The van der Waals surface area contributed by atoms with E-state index in [1.165, 1.54) is 18.9 Å². The minimum absolute atomic E-state index is 0.190. The maximum Gasteiger partial charge on any atom is 0.129 e. The van der Waals surface area contributed by atoms with E-state index in [-0.39, 0.29) is 11.4 Å². The summed E-state index contributed by atoms with van der Waals surface area (Å²) in [4.78, 5) is 2.39. The lowest BCUT2D eigenvalue weighted by molar-refractivity contribution is 0.0761. The number of halogens is 2. The summed E-state index contributed by atoms with van der Waals surface area (Å²) in [5.74, 6) is 0.587. The Hall–Kier alpha value is -0.640. The van der Waals surface area contributed by atoms with Gasteiger partial charge in [0.2, 0.25) is 0 Å². The molecule has 1 saturated carbocycles. The van der Waals surface area contributed by atoms with Gasteiger partial charge in [-0.05, 0) is 44.7 Å². The number of hydrogen-bond acceptors (Lipinski definition) is 2. The van der Waals surface area contributed by atoms with Gasteiger partial charge in [-0.25, -0.2) is 4.39 Å². The molecule has 110 valence electrons. The van der Waals surface area contributed by atoms with Crippen molar-refractivity contribution >= 4 is 11.6 Å². The maximum absolute atomic E-state index is 14.0. The van der Waals surface area contributed by atoms with Gasteiger partial charge in [-0.1, -0.05) is 17.7 Å². The molecular formula is C16H22ClFN2. The lowest BCUT2D eigenvalue weighted by Gasteiger charge is -2.45. The first-order valence-electron chi connectivity index (χ1n) is 7.41. The molecule has 1 aromatic carbocycles. The molecule has 2 aliphatic rings.